The Hall–Kier alpha value is -3.76. The number of halogens is 1. The molecular weight excluding hydrogens is 492 g/mol. The summed E-state index contributed by atoms with van der Waals surface area (Å²) in [6, 6.07) is 13.2. The maximum Gasteiger partial charge on any atom is 0.338 e. The number of carboxylic acid groups (broad SMARTS) is 1. The van der Waals surface area contributed by atoms with E-state index >= 15 is 0 Å². The number of fused-ring (bicyclic) bond motifs is 1. The number of carbonyl (C=O) groups excluding carboxylic acids is 1. The molecule has 10 heteroatoms. The molecule has 9 nitrogen and oxygen atoms in total. The van der Waals surface area contributed by atoms with Gasteiger partial charge in [-0.15, -0.1) is 0 Å². The highest BCUT2D eigenvalue weighted by Crippen LogP contribution is 2.28. The number of H-pyrrole nitrogens is 1. The zero-order chi connectivity index (χ0) is 23.7. The number of ether oxygens (including phenoxy) is 1. The summed E-state index contributed by atoms with van der Waals surface area (Å²) in [5.74, 6) is -1.88. The molecule has 4 rings (SSSR count). The first kappa shape index (κ1) is 22.4. The highest BCUT2D eigenvalue weighted by molar-refractivity contribution is 9.10. The summed E-state index contributed by atoms with van der Waals surface area (Å²) in [5, 5.41) is 16.0. The molecule has 1 amide bonds. The lowest BCUT2D eigenvalue weighted by atomic mass is 9.99. The number of aromatic amines is 1. The van der Waals surface area contributed by atoms with Gasteiger partial charge in [0.2, 0.25) is 0 Å². The van der Waals surface area contributed by atoms with Crippen LogP contribution in [0.4, 0.5) is 5.69 Å². The highest BCUT2D eigenvalue weighted by atomic mass is 79.9. The summed E-state index contributed by atoms with van der Waals surface area (Å²) in [5.41, 5.74) is 1.95. The lowest BCUT2D eigenvalue weighted by molar-refractivity contribution is 0.0686. The first-order valence-corrected chi connectivity index (χ1v) is 10.6. The van der Waals surface area contributed by atoms with Gasteiger partial charge in [0.25, 0.3) is 11.5 Å². The van der Waals surface area contributed by atoms with Crippen LogP contribution in [-0.4, -0.2) is 38.9 Å². The van der Waals surface area contributed by atoms with Gasteiger partial charge in [0, 0.05) is 34.4 Å². The van der Waals surface area contributed by atoms with E-state index in [9.17, 15) is 19.5 Å². The average Bonchev–Trinajstić information content (AvgIpc) is 3.11. The molecule has 0 aliphatic heterocycles. The van der Waals surface area contributed by atoms with Gasteiger partial charge in [0.15, 0.2) is 0 Å². The number of pyridine rings is 1. The number of benzene rings is 2. The van der Waals surface area contributed by atoms with Crippen LogP contribution < -0.4 is 10.9 Å². The minimum absolute atomic E-state index is 0.0128. The summed E-state index contributed by atoms with van der Waals surface area (Å²) in [6.07, 6.45) is 0. The van der Waals surface area contributed by atoms with Crippen LogP contribution in [0.25, 0.3) is 16.6 Å². The van der Waals surface area contributed by atoms with Gasteiger partial charge in [0.1, 0.15) is 0 Å². The summed E-state index contributed by atoms with van der Waals surface area (Å²) < 4.78 is 7.18. The molecule has 0 aliphatic rings. The molecule has 33 heavy (non-hydrogen) atoms. The number of nitrogens with one attached hydrogen (secondary N) is 2. The number of aromatic carboxylic acids is 1. The fourth-order valence-corrected chi connectivity index (χ4v) is 3.95. The molecule has 0 unspecified atom stereocenters. The number of anilines is 1. The summed E-state index contributed by atoms with van der Waals surface area (Å²) >= 11 is 3.37. The quantitative estimate of drug-likeness (QED) is 0.361. The van der Waals surface area contributed by atoms with E-state index < -0.39 is 11.9 Å². The van der Waals surface area contributed by atoms with Crippen LogP contribution >= 0.6 is 15.9 Å². The number of aryl methyl sites for hydroxylation is 1. The van der Waals surface area contributed by atoms with Crippen LogP contribution in [0.3, 0.4) is 0 Å². The average molecular weight is 511 g/mol. The van der Waals surface area contributed by atoms with E-state index in [0.29, 0.717) is 26.8 Å². The van der Waals surface area contributed by atoms with Crippen LogP contribution in [0.1, 0.15) is 32.1 Å². The smallest absolute Gasteiger partial charge is 0.338 e. The largest absolute Gasteiger partial charge is 0.478 e. The molecule has 4 aromatic rings. The molecule has 0 spiro atoms. The van der Waals surface area contributed by atoms with Gasteiger partial charge in [-0.05, 0) is 49.4 Å². The second kappa shape index (κ2) is 9.00. The number of carbonyl (C=O) groups is 2. The van der Waals surface area contributed by atoms with Gasteiger partial charge in [-0.2, -0.15) is 0 Å². The van der Waals surface area contributed by atoms with Crippen molar-refractivity contribution in [2.24, 2.45) is 0 Å². The van der Waals surface area contributed by atoms with Crippen LogP contribution in [-0.2, 0) is 11.3 Å². The van der Waals surface area contributed by atoms with Crippen molar-refractivity contribution in [3.05, 3.63) is 85.9 Å². The molecule has 0 saturated heterocycles. The zero-order valence-electron chi connectivity index (χ0n) is 17.7. The van der Waals surface area contributed by atoms with Crippen molar-refractivity contribution in [2.75, 3.05) is 12.4 Å². The molecular formula is C23H19BrN4O5. The first-order valence-electron chi connectivity index (χ1n) is 9.83. The number of rotatable bonds is 6. The van der Waals surface area contributed by atoms with Crippen molar-refractivity contribution < 1.29 is 19.4 Å². The molecule has 3 N–H and O–H groups in total. The topological polar surface area (TPSA) is 126 Å². The fourth-order valence-electron chi connectivity index (χ4n) is 3.59. The van der Waals surface area contributed by atoms with Crippen molar-refractivity contribution in [1.29, 1.82) is 0 Å². The molecule has 2 aromatic heterocycles. The maximum atomic E-state index is 13.3. The van der Waals surface area contributed by atoms with Crippen molar-refractivity contribution in [1.82, 2.24) is 14.8 Å². The van der Waals surface area contributed by atoms with Gasteiger partial charge in [-0.25, -0.2) is 14.5 Å². The van der Waals surface area contributed by atoms with Crippen LogP contribution in [0.5, 0.6) is 0 Å². The van der Waals surface area contributed by atoms with Crippen molar-refractivity contribution in [3.63, 3.8) is 0 Å². The molecule has 0 radical (unpaired) electrons. The molecule has 0 atom stereocenters. The third kappa shape index (κ3) is 4.43. The Kier molecular flexibility index (Phi) is 6.12. The van der Waals surface area contributed by atoms with Gasteiger partial charge in [0.05, 0.1) is 34.6 Å². The molecule has 0 bridgehead atoms. The van der Waals surface area contributed by atoms with E-state index in [1.807, 2.05) is 0 Å². The Bertz CT molecular complexity index is 1440. The number of hydrogen-bond acceptors (Lipinski definition) is 5. The number of aromatic nitrogens is 3. The van der Waals surface area contributed by atoms with Gasteiger partial charge in [-0.1, -0.05) is 15.9 Å². The number of amides is 1. The van der Waals surface area contributed by atoms with E-state index in [-0.39, 0.29) is 29.0 Å². The Balaban J connectivity index is 1.76. The first-order chi connectivity index (χ1) is 15.8. The highest BCUT2D eigenvalue weighted by Gasteiger charge is 2.25. The third-order valence-electron chi connectivity index (χ3n) is 4.98. The Morgan fingerprint density at radius 1 is 1.15 bits per heavy atom. The van der Waals surface area contributed by atoms with Crippen molar-refractivity contribution >= 4 is 44.4 Å². The van der Waals surface area contributed by atoms with Crippen molar-refractivity contribution in [2.45, 2.75) is 13.5 Å². The number of hydrogen-bond donors (Lipinski definition) is 3. The van der Waals surface area contributed by atoms with E-state index in [2.05, 4.69) is 31.3 Å². The molecule has 0 fully saturated rings. The lowest BCUT2D eigenvalue weighted by Crippen LogP contribution is -2.20. The summed E-state index contributed by atoms with van der Waals surface area (Å²) in [6.45, 7) is 1.72. The summed E-state index contributed by atoms with van der Waals surface area (Å²) in [7, 11) is 1.43. The van der Waals surface area contributed by atoms with Crippen LogP contribution in [0.15, 0.2) is 57.8 Å². The summed E-state index contributed by atoms with van der Waals surface area (Å²) in [4.78, 5) is 41.8. The number of carboxylic acids is 1. The minimum atomic E-state index is -1.28. The standard InChI is InChI=1S/C23H19BrN4O5/c1-12-9-19(29)28(27-12)15-6-4-14(5-7-15)25-22(30)20-16-10-13(24)3-8-17(16)26-18(11-33-2)21(20)23(31)32/h3-10,27H,11H2,1-2H3,(H,25,30)(H,31,32). The molecule has 0 saturated carbocycles. The van der Waals surface area contributed by atoms with Crippen molar-refractivity contribution in [3.8, 4) is 5.69 Å². The Labute approximate surface area is 196 Å². The van der Waals surface area contributed by atoms with Crippen LogP contribution in [0, 0.1) is 6.92 Å². The number of nitrogens with zero attached hydrogens (tertiary/aromatic N) is 2. The fraction of sp³-hybridized carbons (Fsp3) is 0.130. The predicted molar refractivity (Wildman–Crippen MR) is 126 cm³/mol. The van der Waals surface area contributed by atoms with Gasteiger partial charge >= 0.3 is 5.97 Å². The SMILES string of the molecule is COCc1nc2ccc(Br)cc2c(C(=O)Nc2ccc(-n3[nH]c(C)cc3=O)cc2)c1C(=O)O. The Morgan fingerprint density at radius 3 is 2.48 bits per heavy atom. The lowest BCUT2D eigenvalue weighted by Gasteiger charge is -2.15. The second-order valence-corrected chi connectivity index (χ2v) is 8.24. The molecule has 2 aromatic carbocycles. The second-order valence-electron chi connectivity index (χ2n) is 7.32. The van der Waals surface area contributed by atoms with E-state index in [1.165, 1.54) is 17.9 Å². The van der Waals surface area contributed by atoms with E-state index in [0.717, 1.165) is 5.69 Å². The third-order valence-corrected chi connectivity index (χ3v) is 5.47. The molecule has 0 aliphatic carbocycles. The van der Waals surface area contributed by atoms with Gasteiger partial charge < -0.3 is 15.2 Å². The Morgan fingerprint density at radius 2 is 1.88 bits per heavy atom. The monoisotopic (exact) mass is 510 g/mol. The zero-order valence-corrected chi connectivity index (χ0v) is 19.3. The van der Waals surface area contributed by atoms with E-state index in [4.69, 9.17) is 4.74 Å². The predicted octanol–water partition coefficient (Wildman–Crippen LogP) is 3.88. The number of methoxy groups -OCH3 is 1. The normalized spacial score (nSPS) is 11.0. The maximum absolute atomic E-state index is 13.3. The molecule has 2 heterocycles. The minimum Gasteiger partial charge on any atom is -0.478 e. The molecule has 168 valence electrons. The van der Waals surface area contributed by atoms with Crippen LogP contribution in [0.2, 0.25) is 0 Å². The van der Waals surface area contributed by atoms with E-state index in [1.54, 1.807) is 49.4 Å². The van der Waals surface area contributed by atoms with Gasteiger partial charge in [-0.3, -0.25) is 14.7 Å².